The topological polar surface area (TPSA) is 50.7 Å². The van der Waals surface area contributed by atoms with Crippen molar-refractivity contribution >= 4 is 12.1 Å². The average Bonchev–Trinajstić information content (AvgIpc) is 2.51. The van der Waals surface area contributed by atoms with E-state index in [4.69, 9.17) is 4.74 Å². The molecule has 0 saturated heterocycles. The van der Waals surface area contributed by atoms with Crippen LogP contribution in [0.5, 0.6) is 5.75 Å². The number of rotatable bonds is 5. The Bertz CT molecular complexity index is 682. The molecule has 4 nitrogen and oxygen atoms in total. The molecule has 1 amide bonds. The zero-order valence-corrected chi connectivity index (χ0v) is 12.5. The summed E-state index contributed by atoms with van der Waals surface area (Å²) in [5.41, 5.74) is 5.16. The lowest BCUT2D eigenvalue weighted by atomic mass is 10.1. The van der Waals surface area contributed by atoms with Gasteiger partial charge in [0.1, 0.15) is 11.6 Å². The number of carbonyl (C=O) groups excluding carboxylic acids is 1. The van der Waals surface area contributed by atoms with Crippen LogP contribution in [-0.4, -0.2) is 18.7 Å². The second kappa shape index (κ2) is 7.36. The van der Waals surface area contributed by atoms with Gasteiger partial charge >= 0.3 is 0 Å². The number of ether oxygens (including phenoxy) is 1. The molecule has 0 spiro atoms. The van der Waals surface area contributed by atoms with Gasteiger partial charge in [0.2, 0.25) is 0 Å². The van der Waals surface area contributed by atoms with E-state index in [1.54, 1.807) is 12.1 Å². The van der Waals surface area contributed by atoms with E-state index in [0.29, 0.717) is 11.3 Å². The van der Waals surface area contributed by atoms with Gasteiger partial charge in [-0.05, 0) is 48.7 Å². The maximum atomic E-state index is 12.7. The third kappa shape index (κ3) is 4.41. The summed E-state index contributed by atoms with van der Waals surface area (Å²) in [6.45, 7) is 3.80. The van der Waals surface area contributed by atoms with Gasteiger partial charge in [-0.3, -0.25) is 4.79 Å². The van der Waals surface area contributed by atoms with Crippen LogP contribution in [0.2, 0.25) is 0 Å². The summed E-state index contributed by atoms with van der Waals surface area (Å²) in [6, 6.07) is 11.5. The number of aryl methyl sites for hydroxylation is 1. The van der Waals surface area contributed by atoms with E-state index in [1.807, 2.05) is 32.0 Å². The van der Waals surface area contributed by atoms with Crippen LogP contribution in [0.4, 0.5) is 4.39 Å². The Labute approximate surface area is 128 Å². The van der Waals surface area contributed by atoms with Gasteiger partial charge in [0.15, 0.2) is 6.61 Å². The molecular weight excluding hydrogens is 283 g/mol. The highest BCUT2D eigenvalue weighted by atomic mass is 19.1. The number of nitrogens with one attached hydrogen (secondary N) is 1. The fourth-order valence-electron chi connectivity index (χ4n) is 1.78. The Morgan fingerprint density at radius 3 is 2.68 bits per heavy atom. The summed E-state index contributed by atoms with van der Waals surface area (Å²) in [7, 11) is 0. The molecule has 0 aromatic heterocycles. The van der Waals surface area contributed by atoms with Gasteiger partial charge in [0, 0.05) is 0 Å². The number of carbonyl (C=O) groups is 1. The lowest BCUT2D eigenvalue weighted by Gasteiger charge is -2.09. The number of benzene rings is 2. The molecule has 1 N–H and O–H groups in total. The third-order valence-electron chi connectivity index (χ3n) is 3.19. The van der Waals surface area contributed by atoms with Crippen LogP contribution in [0.25, 0.3) is 0 Å². The second-order valence-corrected chi connectivity index (χ2v) is 4.83. The van der Waals surface area contributed by atoms with Crippen LogP contribution >= 0.6 is 0 Å². The van der Waals surface area contributed by atoms with Crippen molar-refractivity contribution in [2.24, 2.45) is 5.10 Å². The molecule has 0 saturated carbocycles. The predicted octanol–water partition coefficient (Wildman–Crippen LogP) is 2.97. The minimum absolute atomic E-state index is 0.120. The second-order valence-electron chi connectivity index (χ2n) is 4.83. The number of amides is 1. The first kappa shape index (κ1) is 15.7. The summed E-state index contributed by atoms with van der Waals surface area (Å²) in [4.78, 5) is 11.6. The van der Waals surface area contributed by atoms with E-state index in [1.165, 1.54) is 18.3 Å². The minimum atomic E-state index is -0.362. The van der Waals surface area contributed by atoms with Gasteiger partial charge in [-0.15, -0.1) is 0 Å². The number of nitrogens with zero attached hydrogens (tertiary/aromatic N) is 1. The molecule has 0 heterocycles. The number of halogens is 1. The molecule has 0 radical (unpaired) electrons. The first-order valence-electron chi connectivity index (χ1n) is 6.83. The summed E-state index contributed by atoms with van der Waals surface area (Å²) in [5.74, 6) is 0.0000388. The van der Waals surface area contributed by atoms with Crippen molar-refractivity contribution in [1.82, 2.24) is 5.43 Å². The van der Waals surface area contributed by atoms with Crippen molar-refractivity contribution in [2.45, 2.75) is 13.8 Å². The highest BCUT2D eigenvalue weighted by molar-refractivity contribution is 5.82. The van der Waals surface area contributed by atoms with Crippen LogP contribution < -0.4 is 10.2 Å². The predicted molar refractivity (Wildman–Crippen MR) is 83.5 cm³/mol. The van der Waals surface area contributed by atoms with E-state index in [2.05, 4.69) is 10.5 Å². The zero-order valence-electron chi connectivity index (χ0n) is 12.5. The van der Waals surface area contributed by atoms with E-state index in [-0.39, 0.29) is 18.3 Å². The smallest absolute Gasteiger partial charge is 0.277 e. The maximum Gasteiger partial charge on any atom is 0.277 e. The molecule has 0 aliphatic carbocycles. The molecule has 0 bridgehead atoms. The SMILES string of the molecule is Cc1cccc(OCC(=O)N/N=C\c2ccc(F)cc2)c1C. The number of hydrazone groups is 1. The van der Waals surface area contributed by atoms with Gasteiger partial charge in [0.25, 0.3) is 5.91 Å². The molecule has 0 aliphatic rings. The number of hydrogen-bond acceptors (Lipinski definition) is 3. The van der Waals surface area contributed by atoms with Gasteiger partial charge in [-0.25, -0.2) is 9.82 Å². The van der Waals surface area contributed by atoms with Crippen molar-refractivity contribution < 1.29 is 13.9 Å². The Balaban J connectivity index is 1.83. The molecule has 114 valence electrons. The van der Waals surface area contributed by atoms with Crippen molar-refractivity contribution in [2.75, 3.05) is 6.61 Å². The third-order valence-corrected chi connectivity index (χ3v) is 3.19. The Hall–Kier alpha value is -2.69. The van der Waals surface area contributed by atoms with E-state index in [9.17, 15) is 9.18 Å². The molecular formula is C17H17FN2O2. The van der Waals surface area contributed by atoms with Crippen molar-refractivity contribution in [3.63, 3.8) is 0 Å². The van der Waals surface area contributed by atoms with E-state index >= 15 is 0 Å². The standard InChI is InChI=1S/C17H17FN2O2/c1-12-4-3-5-16(13(12)2)22-11-17(21)20-19-10-14-6-8-15(18)9-7-14/h3-10H,11H2,1-2H3,(H,20,21)/b19-10-. The largest absolute Gasteiger partial charge is 0.483 e. The average molecular weight is 300 g/mol. The molecule has 2 rings (SSSR count). The molecule has 0 atom stereocenters. The lowest BCUT2D eigenvalue weighted by Crippen LogP contribution is -2.24. The Kier molecular flexibility index (Phi) is 5.25. The monoisotopic (exact) mass is 300 g/mol. The normalized spacial score (nSPS) is 10.7. The first-order chi connectivity index (χ1) is 10.6. The molecule has 0 aliphatic heterocycles. The highest BCUT2D eigenvalue weighted by Gasteiger charge is 2.05. The maximum absolute atomic E-state index is 12.7. The fourth-order valence-corrected chi connectivity index (χ4v) is 1.78. The summed E-state index contributed by atoms with van der Waals surface area (Å²) in [6.07, 6.45) is 1.44. The Morgan fingerprint density at radius 1 is 1.23 bits per heavy atom. The van der Waals surface area contributed by atoms with Gasteiger partial charge in [-0.2, -0.15) is 5.10 Å². The first-order valence-corrected chi connectivity index (χ1v) is 6.83. The summed E-state index contributed by atoms with van der Waals surface area (Å²) >= 11 is 0. The molecule has 22 heavy (non-hydrogen) atoms. The van der Waals surface area contributed by atoms with Gasteiger partial charge < -0.3 is 4.74 Å². The van der Waals surface area contributed by atoms with E-state index < -0.39 is 0 Å². The highest BCUT2D eigenvalue weighted by Crippen LogP contribution is 2.20. The zero-order chi connectivity index (χ0) is 15.9. The summed E-state index contributed by atoms with van der Waals surface area (Å²) in [5, 5.41) is 3.80. The van der Waals surface area contributed by atoms with Crippen LogP contribution in [0.15, 0.2) is 47.6 Å². The van der Waals surface area contributed by atoms with Crippen molar-refractivity contribution in [1.29, 1.82) is 0 Å². The molecule has 2 aromatic carbocycles. The lowest BCUT2D eigenvalue weighted by molar-refractivity contribution is -0.123. The Morgan fingerprint density at radius 2 is 1.95 bits per heavy atom. The quantitative estimate of drug-likeness (QED) is 0.682. The molecule has 0 unspecified atom stereocenters. The summed E-state index contributed by atoms with van der Waals surface area (Å²) < 4.78 is 18.2. The molecule has 5 heteroatoms. The van der Waals surface area contributed by atoms with Crippen LogP contribution in [0.3, 0.4) is 0 Å². The van der Waals surface area contributed by atoms with Crippen molar-refractivity contribution in [3.05, 3.63) is 65.0 Å². The van der Waals surface area contributed by atoms with E-state index in [0.717, 1.165) is 11.1 Å². The van der Waals surface area contributed by atoms with Gasteiger partial charge in [0.05, 0.1) is 6.21 Å². The van der Waals surface area contributed by atoms with Crippen molar-refractivity contribution in [3.8, 4) is 5.75 Å². The number of hydrogen-bond donors (Lipinski definition) is 1. The van der Waals surface area contributed by atoms with Gasteiger partial charge in [-0.1, -0.05) is 24.3 Å². The van der Waals surface area contributed by atoms with Crippen LogP contribution in [0.1, 0.15) is 16.7 Å². The van der Waals surface area contributed by atoms with Crippen LogP contribution in [0, 0.1) is 19.7 Å². The fraction of sp³-hybridized carbons (Fsp3) is 0.176. The minimum Gasteiger partial charge on any atom is -0.483 e. The molecule has 2 aromatic rings. The van der Waals surface area contributed by atoms with Crippen LogP contribution in [-0.2, 0) is 4.79 Å². The molecule has 0 fully saturated rings.